The van der Waals surface area contributed by atoms with E-state index in [0.717, 1.165) is 12.8 Å². The fourth-order valence-electron chi connectivity index (χ4n) is 0.941. The van der Waals surface area contributed by atoms with Gasteiger partial charge in [0, 0.05) is 6.42 Å². The lowest BCUT2D eigenvalue weighted by Crippen LogP contribution is -2.15. The number of hydrogen-bond donors (Lipinski definition) is 1. The second-order valence-electron chi connectivity index (χ2n) is 3.13. The Morgan fingerprint density at radius 2 is 1.94 bits per heavy atom. The van der Waals surface area contributed by atoms with Crippen LogP contribution in [0.15, 0.2) is 12.2 Å². The fraction of sp³-hybridized carbons (Fsp3) is 0.636. The van der Waals surface area contributed by atoms with Crippen LogP contribution in [0.1, 0.15) is 32.6 Å². The second kappa shape index (κ2) is 12.2. The van der Waals surface area contributed by atoms with Gasteiger partial charge in [-0.2, -0.15) is 0 Å². The second-order valence-corrected chi connectivity index (χ2v) is 3.13. The zero-order valence-electron chi connectivity index (χ0n) is 9.61. The monoisotopic (exact) mass is 249 g/mol. The summed E-state index contributed by atoms with van der Waals surface area (Å²) in [7, 11) is 0. The van der Waals surface area contributed by atoms with Crippen molar-refractivity contribution in [3.63, 3.8) is 0 Å². The molecule has 0 saturated heterocycles. The lowest BCUT2D eigenvalue weighted by Gasteiger charge is -2.01. The summed E-state index contributed by atoms with van der Waals surface area (Å²) in [6.45, 7) is 2.42. The van der Waals surface area contributed by atoms with E-state index in [2.05, 4.69) is 0 Å². The Morgan fingerprint density at radius 3 is 2.50 bits per heavy atom. The highest BCUT2D eigenvalue weighted by Gasteiger charge is 2.05. The maximum Gasteiger partial charge on any atom is 0.306 e. The van der Waals surface area contributed by atoms with Crippen molar-refractivity contribution in [3.05, 3.63) is 12.2 Å². The molecule has 5 heteroatoms. The van der Waals surface area contributed by atoms with Gasteiger partial charge in [0.25, 0.3) is 0 Å². The molecule has 16 heavy (non-hydrogen) atoms. The molecule has 0 aromatic carbocycles. The first-order chi connectivity index (χ1) is 7.20. The minimum atomic E-state index is -0.332. The highest BCUT2D eigenvalue weighted by molar-refractivity contribution is 5.85. The van der Waals surface area contributed by atoms with Crippen molar-refractivity contribution in [2.45, 2.75) is 32.6 Å². The summed E-state index contributed by atoms with van der Waals surface area (Å²) in [6.07, 6.45) is 6.02. The molecular formula is C11H20ClNO3. The Morgan fingerprint density at radius 1 is 1.25 bits per heavy atom. The molecular weight excluding hydrogens is 230 g/mol. The highest BCUT2D eigenvalue weighted by atomic mass is 35.5. The van der Waals surface area contributed by atoms with Crippen molar-refractivity contribution >= 4 is 24.2 Å². The number of halogens is 1. The average Bonchev–Trinajstić information content (AvgIpc) is 2.25. The quantitative estimate of drug-likeness (QED) is 0.403. The van der Waals surface area contributed by atoms with E-state index < -0.39 is 0 Å². The van der Waals surface area contributed by atoms with Crippen molar-refractivity contribution in [1.29, 1.82) is 0 Å². The molecule has 0 aromatic heterocycles. The fourth-order valence-corrected chi connectivity index (χ4v) is 0.941. The first-order valence-corrected chi connectivity index (χ1v) is 5.23. The number of rotatable bonds is 8. The summed E-state index contributed by atoms with van der Waals surface area (Å²) < 4.78 is 4.90. The van der Waals surface area contributed by atoms with Crippen LogP contribution in [0.25, 0.3) is 0 Å². The number of carbonyl (C=O) groups excluding carboxylic acids is 2. The molecule has 0 fully saturated rings. The summed E-state index contributed by atoms with van der Waals surface area (Å²) in [5, 5.41) is 0. The van der Waals surface area contributed by atoms with Crippen molar-refractivity contribution in [2.24, 2.45) is 5.73 Å². The van der Waals surface area contributed by atoms with Gasteiger partial charge in [-0.15, -0.1) is 12.4 Å². The van der Waals surface area contributed by atoms with Crippen LogP contribution in [0.2, 0.25) is 0 Å². The minimum Gasteiger partial charge on any atom is -0.465 e. The molecule has 0 spiro atoms. The molecule has 0 aliphatic rings. The number of Topliss-reactive ketones (excluding diaryl/α,β-unsaturated/α-hetero) is 1. The Balaban J connectivity index is 0. The number of hydrogen-bond acceptors (Lipinski definition) is 4. The summed E-state index contributed by atoms with van der Waals surface area (Å²) >= 11 is 0. The molecule has 0 bridgehead atoms. The van der Waals surface area contributed by atoms with Crippen LogP contribution in [0, 0.1) is 0 Å². The van der Waals surface area contributed by atoms with Gasteiger partial charge in [0.1, 0.15) is 5.78 Å². The smallest absolute Gasteiger partial charge is 0.306 e. The Bertz CT molecular complexity index is 229. The molecule has 0 amide bonds. The van der Waals surface area contributed by atoms with Gasteiger partial charge in [0.2, 0.25) is 0 Å². The number of nitrogens with two attached hydrogens (primary N) is 1. The zero-order chi connectivity index (χ0) is 11.5. The van der Waals surface area contributed by atoms with E-state index in [0.29, 0.717) is 6.61 Å². The summed E-state index contributed by atoms with van der Waals surface area (Å²) in [5.41, 5.74) is 5.10. The van der Waals surface area contributed by atoms with Crippen molar-refractivity contribution in [1.82, 2.24) is 0 Å². The van der Waals surface area contributed by atoms with E-state index in [-0.39, 0.29) is 43.5 Å². The molecule has 0 radical (unpaired) electrons. The standard InChI is InChI=1S/C11H19NO3.ClH/c1-2-3-4-5-8-15-11(14)7-6-10(13)9-12;/h3-4H,2,5-9,12H2,1H3;1H/b4-3-;. The molecule has 0 heterocycles. The number of allylic oxidation sites excluding steroid dienone is 1. The third kappa shape index (κ3) is 11.2. The van der Waals surface area contributed by atoms with Gasteiger partial charge in [-0.1, -0.05) is 19.1 Å². The van der Waals surface area contributed by atoms with Gasteiger partial charge in [-0.3, -0.25) is 9.59 Å². The maximum atomic E-state index is 11.1. The maximum absolute atomic E-state index is 11.1. The van der Waals surface area contributed by atoms with Crippen molar-refractivity contribution in [2.75, 3.05) is 13.2 Å². The van der Waals surface area contributed by atoms with E-state index in [1.165, 1.54) is 0 Å². The van der Waals surface area contributed by atoms with Crippen molar-refractivity contribution in [3.8, 4) is 0 Å². The largest absolute Gasteiger partial charge is 0.465 e. The third-order valence-corrected chi connectivity index (χ3v) is 1.79. The Kier molecular flexibility index (Phi) is 13.4. The number of ketones is 1. The highest BCUT2D eigenvalue weighted by Crippen LogP contribution is 1.95. The Hall–Kier alpha value is -0.870. The molecule has 0 aromatic rings. The summed E-state index contributed by atoms with van der Waals surface area (Å²) in [6, 6.07) is 0. The predicted octanol–water partition coefficient (Wildman–Crippen LogP) is 1.62. The van der Waals surface area contributed by atoms with E-state index in [1.54, 1.807) is 0 Å². The number of carbonyl (C=O) groups is 2. The Labute approximate surface area is 103 Å². The molecule has 0 aliphatic heterocycles. The lowest BCUT2D eigenvalue weighted by atomic mass is 10.2. The van der Waals surface area contributed by atoms with Crippen LogP contribution in [-0.4, -0.2) is 24.9 Å². The van der Waals surface area contributed by atoms with Crippen LogP contribution in [0.4, 0.5) is 0 Å². The molecule has 0 aliphatic carbocycles. The van der Waals surface area contributed by atoms with Crippen molar-refractivity contribution < 1.29 is 14.3 Å². The van der Waals surface area contributed by atoms with Gasteiger partial charge >= 0.3 is 5.97 Å². The van der Waals surface area contributed by atoms with Crippen LogP contribution in [-0.2, 0) is 14.3 Å². The first-order valence-electron chi connectivity index (χ1n) is 5.23. The molecule has 0 saturated carbocycles. The molecule has 0 rings (SSSR count). The van der Waals surface area contributed by atoms with Crippen LogP contribution < -0.4 is 5.73 Å². The SMILES string of the molecule is CC/C=C\CCOC(=O)CCC(=O)CN.Cl. The van der Waals surface area contributed by atoms with Crippen LogP contribution in [0.5, 0.6) is 0 Å². The van der Waals surface area contributed by atoms with Crippen LogP contribution in [0.3, 0.4) is 0 Å². The zero-order valence-corrected chi connectivity index (χ0v) is 10.4. The molecule has 4 nitrogen and oxygen atoms in total. The molecule has 0 unspecified atom stereocenters. The summed E-state index contributed by atoms with van der Waals surface area (Å²) in [4.78, 5) is 21.8. The van der Waals surface area contributed by atoms with E-state index in [4.69, 9.17) is 10.5 Å². The van der Waals surface area contributed by atoms with Gasteiger partial charge < -0.3 is 10.5 Å². The van der Waals surface area contributed by atoms with Gasteiger partial charge in [0.15, 0.2) is 0 Å². The van der Waals surface area contributed by atoms with Crippen LogP contribution >= 0.6 is 12.4 Å². The molecule has 2 N–H and O–H groups in total. The summed E-state index contributed by atoms with van der Waals surface area (Å²) in [5.74, 6) is -0.445. The number of ether oxygens (including phenoxy) is 1. The minimum absolute atomic E-state index is 0. The lowest BCUT2D eigenvalue weighted by molar-refractivity contribution is -0.144. The third-order valence-electron chi connectivity index (χ3n) is 1.79. The van der Waals surface area contributed by atoms with E-state index in [9.17, 15) is 9.59 Å². The predicted molar refractivity (Wildman–Crippen MR) is 65.6 cm³/mol. The molecule has 0 atom stereocenters. The first kappa shape index (κ1) is 17.5. The average molecular weight is 250 g/mol. The van der Waals surface area contributed by atoms with Gasteiger partial charge in [-0.25, -0.2) is 0 Å². The normalized spacial score (nSPS) is 9.88. The van der Waals surface area contributed by atoms with E-state index >= 15 is 0 Å². The van der Waals surface area contributed by atoms with E-state index in [1.807, 2.05) is 19.1 Å². The van der Waals surface area contributed by atoms with Gasteiger partial charge in [-0.05, 0) is 12.8 Å². The van der Waals surface area contributed by atoms with Gasteiger partial charge in [0.05, 0.1) is 19.6 Å². The number of esters is 1. The topological polar surface area (TPSA) is 69.4 Å². The molecule has 94 valence electrons.